The molecule has 0 spiro atoms. The molecule has 1 aliphatic heterocycles. The summed E-state index contributed by atoms with van der Waals surface area (Å²) in [5.41, 5.74) is 1.33. The summed E-state index contributed by atoms with van der Waals surface area (Å²) in [5, 5.41) is 2.99. The van der Waals surface area contributed by atoms with E-state index < -0.39 is 0 Å². The van der Waals surface area contributed by atoms with Gasteiger partial charge in [-0.05, 0) is 31.2 Å². The number of rotatable bonds is 3. The summed E-state index contributed by atoms with van der Waals surface area (Å²) < 4.78 is 0. The van der Waals surface area contributed by atoms with Crippen LogP contribution < -0.4 is 5.32 Å². The van der Waals surface area contributed by atoms with Gasteiger partial charge < -0.3 is 5.32 Å². The fourth-order valence-corrected chi connectivity index (χ4v) is 2.26. The first kappa shape index (κ1) is 11.2. The van der Waals surface area contributed by atoms with Crippen LogP contribution in [0.25, 0.3) is 0 Å². The molecule has 16 heavy (non-hydrogen) atoms. The highest BCUT2D eigenvalue weighted by Crippen LogP contribution is 2.18. The minimum Gasteiger partial charge on any atom is -0.356 e. The third-order valence-electron chi connectivity index (χ3n) is 3.27. The van der Waals surface area contributed by atoms with Gasteiger partial charge in [0.05, 0.1) is 0 Å². The second-order valence-corrected chi connectivity index (χ2v) is 4.51. The quantitative estimate of drug-likeness (QED) is 0.828. The van der Waals surface area contributed by atoms with Gasteiger partial charge in [0.15, 0.2) is 0 Å². The van der Waals surface area contributed by atoms with Crippen molar-refractivity contribution in [2.75, 3.05) is 6.54 Å². The maximum atomic E-state index is 11.7. The van der Waals surface area contributed by atoms with Crippen molar-refractivity contribution in [3.8, 4) is 0 Å². The maximum Gasteiger partial charge on any atom is 0.223 e. The van der Waals surface area contributed by atoms with Gasteiger partial charge in [0.1, 0.15) is 0 Å². The van der Waals surface area contributed by atoms with Crippen LogP contribution in [-0.2, 0) is 11.2 Å². The molecule has 1 atom stereocenters. The fourth-order valence-electron chi connectivity index (χ4n) is 2.26. The van der Waals surface area contributed by atoms with Crippen molar-refractivity contribution in [2.45, 2.75) is 32.1 Å². The summed E-state index contributed by atoms with van der Waals surface area (Å²) in [6.07, 6.45) is 5.36. The summed E-state index contributed by atoms with van der Waals surface area (Å²) in [4.78, 5) is 11.7. The fraction of sp³-hybridized carbons (Fsp3) is 0.500. The second-order valence-electron chi connectivity index (χ2n) is 4.51. The Balaban J connectivity index is 1.86. The van der Waals surface area contributed by atoms with Crippen LogP contribution >= 0.6 is 0 Å². The van der Waals surface area contributed by atoms with E-state index in [1.165, 1.54) is 12.0 Å². The number of hydrogen-bond donors (Lipinski definition) is 1. The second kappa shape index (κ2) is 5.69. The Morgan fingerprint density at radius 2 is 2.00 bits per heavy atom. The number of amides is 1. The van der Waals surface area contributed by atoms with E-state index >= 15 is 0 Å². The normalized spacial score (nSPS) is 21.2. The largest absolute Gasteiger partial charge is 0.356 e. The van der Waals surface area contributed by atoms with Crippen LogP contribution in [0.1, 0.15) is 31.2 Å². The van der Waals surface area contributed by atoms with Gasteiger partial charge in [-0.1, -0.05) is 36.8 Å². The molecule has 1 aliphatic rings. The molecule has 2 rings (SSSR count). The predicted molar refractivity (Wildman–Crippen MR) is 65.1 cm³/mol. The molecule has 2 heteroatoms. The Bertz CT molecular complexity index is 334. The van der Waals surface area contributed by atoms with Crippen LogP contribution in [0.15, 0.2) is 30.3 Å². The summed E-state index contributed by atoms with van der Waals surface area (Å²) in [7, 11) is 0. The molecule has 86 valence electrons. The van der Waals surface area contributed by atoms with E-state index in [2.05, 4.69) is 29.6 Å². The van der Waals surface area contributed by atoms with Gasteiger partial charge in [0.25, 0.3) is 0 Å². The van der Waals surface area contributed by atoms with Gasteiger partial charge in [0, 0.05) is 12.5 Å². The molecule has 0 bridgehead atoms. The van der Waals surface area contributed by atoms with Gasteiger partial charge >= 0.3 is 0 Å². The summed E-state index contributed by atoms with van der Waals surface area (Å²) in [6.45, 7) is 0.862. The Labute approximate surface area is 97.1 Å². The molecule has 1 aromatic rings. The molecule has 1 heterocycles. The van der Waals surface area contributed by atoms with Gasteiger partial charge in [0.2, 0.25) is 5.91 Å². The minimum absolute atomic E-state index is 0.225. The first-order valence-electron chi connectivity index (χ1n) is 6.18. The van der Waals surface area contributed by atoms with Gasteiger partial charge in [-0.15, -0.1) is 0 Å². The average molecular weight is 217 g/mol. The lowest BCUT2D eigenvalue weighted by Gasteiger charge is -2.12. The Kier molecular flexibility index (Phi) is 3.97. The lowest BCUT2D eigenvalue weighted by atomic mass is 9.95. The van der Waals surface area contributed by atoms with Crippen molar-refractivity contribution in [2.24, 2.45) is 5.92 Å². The van der Waals surface area contributed by atoms with Crippen LogP contribution in [0, 0.1) is 5.92 Å². The molecular weight excluding hydrogens is 198 g/mol. The van der Waals surface area contributed by atoms with E-state index in [1.807, 2.05) is 6.07 Å². The van der Waals surface area contributed by atoms with E-state index in [-0.39, 0.29) is 11.8 Å². The highest BCUT2D eigenvalue weighted by Gasteiger charge is 2.19. The molecule has 0 aliphatic carbocycles. The number of aryl methyl sites for hydroxylation is 1. The van der Waals surface area contributed by atoms with Crippen molar-refractivity contribution in [3.63, 3.8) is 0 Å². The van der Waals surface area contributed by atoms with Crippen molar-refractivity contribution in [3.05, 3.63) is 35.9 Å². The van der Waals surface area contributed by atoms with E-state index in [0.717, 1.165) is 32.2 Å². The van der Waals surface area contributed by atoms with Gasteiger partial charge in [-0.3, -0.25) is 4.79 Å². The highest BCUT2D eigenvalue weighted by molar-refractivity contribution is 5.78. The predicted octanol–water partition coefficient (Wildman–Crippen LogP) is 2.54. The van der Waals surface area contributed by atoms with Crippen LogP contribution in [0.3, 0.4) is 0 Å². The van der Waals surface area contributed by atoms with Gasteiger partial charge in [-0.25, -0.2) is 0 Å². The number of carbonyl (C=O) groups is 1. The number of hydrogen-bond acceptors (Lipinski definition) is 1. The van der Waals surface area contributed by atoms with Crippen molar-refractivity contribution < 1.29 is 4.79 Å². The van der Waals surface area contributed by atoms with Crippen LogP contribution in [-0.4, -0.2) is 12.5 Å². The maximum absolute atomic E-state index is 11.7. The molecule has 0 aromatic heterocycles. The van der Waals surface area contributed by atoms with E-state index in [0.29, 0.717) is 0 Å². The van der Waals surface area contributed by atoms with Crippen molar-refractivity contribution in [1.82, 2.24) is 5.32 Å². The molecule has 1 fully saturated rings. The number of nitrogens with one attached hydrogen (secondary N) is 1. The van der Waals surface area contributed by atoms with E-state index in [1.54, 1.807) is 0 Å². The third kappa shape index (κ3) is 3.09. The standard InChI is InChI=1S/C14H19NO/c16-14-13(8-4-5-11-15-14)10-9-12-6-2-1-3-7-12/h1-3,6-7,13H,4-5,8-11H2,(H,15,16). The van der Waals surface area contributed by atoms with E-state index in [4.69, 9.17) is 0 Å². The molecule has 0 saturated carbocycles. The smallest absolute Gasteiger partial charge is 0.223 e. The Morgan fingerprint density at radius 1 is 1.19 bits per heavy atom. The first-order valence-corrected chi connectivity index (χ1v) is 6.18. The topological polar surface area (TPSA) is 29.1 Å². The van der Waals surface area contributed by atoms with E-state index in [9.17, 15) is 4.79 Å². The Morgan fingerprint density at radius 3 is 2.81 bits per heavy atom. The molecule has 1 N–H and O–H groups in total. The molecule has 1 unspecified atom stereocenters. The zero-order chi connectivity index (χ0) is 11.2. The molecular formula is C14H19NO. The molecule has 1 saturated heterocycles. The summed E-state index contributed by atoms with van der Waals surface area (Å²) >= 11 is 0. The molecule has 0 radical (unpaired) electrons. The lowest BCUT2D eigenvalue weighted by Crippen LogP contribution is -2.29. The zero-order valence-corrected chi connectivity index (χ0v) is 9.61. The highest BCUT2D eigenvalue weighted by atomic mass is 16.1. The van der Waals surface area contributed by atoms with Crippen LogP contribution in [0.4, 0.5) is 0 Å². The van der Waals surface area contributed by atoms with Crippen molar-refractivity contribution >= 4 is 5.91 Å². The molecule has 2 nitrogen and oxygen atoms in total. The third-order valence-corrected chi connectivity index (χ3v) is 3.27. The zero-order valence-electron chi connectivity index (χ0n) is 9.61. The van der Waals surface area contributed by atoms with Crippen molar-refractivity contribution in [1.29, 1.82) is 0 Å². The first-order chi connectivity index (χ1) is 7.86. The molecule has 1 aromatic carbocycles. The summed E-state index contributed by atoms with van der Waals surface area (Å²) in [5.74, 6) is 0.483. The van der Waals surface area contributed by atoms with Gasteiger partial charge in [-0.2, -0.15) is 0 Å². The van der Waals surface area contributed by atoms with Crippen LogP contribution in [0.5, 0.6) is 0 Å². The average Bonchev–Trinajstić information content (AvgIpc) is 2.53. The Hall–Kier alpha value is -1.31. The van der Waals surface area contributed by atoms with Crippen LogP contribution in [0.2, 0.25) is 0 Å². The molecule has 1 amide bonds. The SMILES string of the molecule is O=C1NCCCCC1CCc1ccccc1. The summed E-state index contributed by atoms with van der Waals surface area (Å²) in [6, 6.07) is 10.4. The number of benzene rings is 1. The lowest BCUT2D eigenvalue weighted by molar-refractivity contribution is -0.124. The minimum atomic E-state index is 0.225. The number of carbonyl (C=O) groups excluding carboxylic acids is 1. The monoisotopic (exact) mass is 217 g/mol.